The summed E-state index contributed by atoms with van der Waals surface area (Å²) in [6, 6.07) is 52.1. The minimum atomic E-state index is 0.872. The van der Waals surface area contributed by atoms with Gasteiger partial charge in [-0.3, -0.25) is 9.97 Å². The third-order valence-electron chi connectivity index (χ3n) is 8.91. The number of hydrogen-bond acceptors (Lipinski definition) is 2. The highest BCUT2D eigenvalue weighted by atomic mass is 14.8. The molecule has 0 spiro atoms. The number of pyridine rings is 2. The van der Waals surface area contributed by atoms with E-state index in [1.54, 1.807) is 0 Å². The predicted molar refractivity (Wildman–Crippen MR) is 188 cm³/mol. The molecule has 0 aliphatic heterocycles. The first-order chi connectivity index (χ1) is 22.3. The van der Waals surface area contributed by atoms with Crippen molar-refractivity contribution in [1.82, 2.24) is 15.0 Å². The maximum atomic E-state index is 4.66. The molecular weight excluding hydrogens is 546 g/mol. The normalized spacial score (nSPS) is 11.6. The van der Waals surface area contributed by atoms with Crippen molar-refractivity contribution in [3.05, 3.63) is 158 Å². The second-order valence-corrected chi connectivity index (χ2v) is 11.5. The van der Waals surface area contributed by atoms with Crippen LogP contribution in [0.5, 0.6) is 0 Å². The first kappa shape index (κ1) is 25.4. The van der Waals surface area contributed by atoms with Gasteiger partial charge in [0.2, 0.25) is 0 Å². The van der Waals surface area contributed by atoms with Crippen molar-refractivity contribution < 1.29 is 0 Å². The summed E-state index contributed by atoms with van der Waals surface area (Å²) in [5.74, 6) is 0. The minimum Gasteiger partial charge on any atom is -0.353 e. The van der Waals surface area contributed by atoms with E-state index in [9.17, 15) is 0 Å². The Morgan fingerprint density at radius 3 is 1.56 bits per heavy atom. The van der Waals surface area contributed by atoms with E-state index >= 15 is 0 Å². The second-order valence-electron chi connectivity index (χ2n) is 11.5. The lowest BCUT2D eigenvalue weighted by atomic mass is 9.86. The molecule has 0 aliphatic carbocycles. The van der Waals surface area contributed by atoms with Gasteiger partial charge in [-0.15, -0.1) is 0 Å². The van der Waals surface area contributed by atoms with E-state index < -0.39 is 0 Å². The molecule has 3 heterocycles. The van der Waals surface area contributed by atoms with Crippen LogP contribution in [0.2, 0.25) is 0 Å². The van der Waals surface area contributed by atoms with Crippen molar-refractivity contribution in [2.45, 2.75) is 0 Å². The van der Waals surface area contributed by atoms with Crippen molar-refractivity contribution in [2.24, 2.45) is 0 Å². The summed E-state index contributed by atoms with van der Waals surface area (Å²) in [7, 11) is 0. The zero-order valence-corrected chi connectivity index (χ0v) is 24.4. The molecule has 0 unspecified atom stereocenters. The van der Waals surface area contributed by atoms with E-state index in [1.807, 2.05) is 30.6 Å². The van der Waals surface area contributed by atoms with Crippen molar-refractivity contribution in [3.8, 4) is 44.8 Å². The van der Waals surface area contributed by atoms with Crippen LogP contribution in [0.3, 0.4) is 0 Å². The van der Waals surface area contributed by atoms with Crippen LogP contribution in [0.4, 0.5) is 0 Å². The number of H-pyrrole nitrogens is 1. The lowest BCUT2D eigenvalue weighted by Gasteiger charge is -2.18. The molecule has 45 heavy (non-hydrogen) atoms. The summed E-state index contributed by atoms with van der Waals surface area (Å²) in [5, 5.41) is 7.40. The number of benzene rings is 6. The summed E-state index contributed by atoms with van der Waals surface area (Å²) in [4.78, 5) is 12.7. The molecule has 0 amide bonds. The topological polar surface area (TPSA) is 41.6 Å². The number of nitrogens with zero attached hydrogens (tertiary/aromatic N) is 2. The zero-order valence-electron chi connectivity index (χ0n) is 24.4. The van der Waals surface area contributed by atoms with Gasteiger partial charge in [0.05, 0.1) is 23.1 Å². The van der Waals surface area contributed by atoms with Gasteiger partial charge in [-0.25, -0.2) is 0 Å². The minimum absolute atomic E-state index is 0.872. The Kier molecular flexibility index (Phi) is 5.82. The third kappa shape index (κ3) is 4.21. The summed E-state index contributed by atoms with van der Waals surface area (Å²) < 4.78 is 0. The van der Waals surface area contributed by atoms with Gasteiger partial charge in [-0.1, -0.05) is 115 Å². The summed E-state index contributed by atoms with van der Waals surface area (Å²) >= 11 is 0. The van der Waals surface area contributed by atoms with Crippen LogP contribution < -0.4 is 0 Å². The van der Waals surface area contributed by atoms with E-state index in [4.69, 9.17) is 0 Å². The number of hydrogen-bond donors (Lipinski definition) is 1. The molecule has 0 aliphatic rings. The number of aromatic nitrogens is 3. The molecule has 6 aromatic carbocycles. The first-order valence-corrected chi connectivity index (χ1v) is 15.2. The number of rotatable bonds is 4. The number of fused-ring (bicyclic) bond motifs is 5. The Hall–Kier alpha value is -6.06. The van der Waals surface area contributed by atoms with Crippen molar-refractivity contribution >= 4 is 43.4 Å². The lowest BCUT2D eigenvalue weighted by molar-refractivity contribution is 1.26. The summed E-state index contributed by atoms with van der Waals surface area (Å²) in [5.41, 5.74) is 11.2. The number of aromatic amines is 1. The van der Waals surface area contributed by atoms with Gasteiger partial charge in [0.1, 0.15) is 0 Å². The first-order valence-electron chi connectivity index (χ1n) is 15.2. The molecule has 9 rings (SSSR count). The average molecular weight is 574 g/mol. The van der Waals surface area contributed by atoms with Crippen LogP contribution in [0, 0.1) is 0 Å². The van der Waals surface area contributed by atoms with Crippen LogP contribution in [0.25, 0.3) is 88.1 Å². The quantitative estimate of drug-likeness (QED) is 0.213. The monoisotopic (exact) mass is 573 g/mol. The van der Waals surface area contributed by atoms with Crippen molar-refractivity contribution in [1.29, 1.82) is 0 Å². The molecule has 1 N–H and O–H groups in total. The summed E-state index contributed by atoms with van der Waals surface area (Å²) in [6.45, 7) is 0. The molecule has 210 valence electrons. The maximum Gasteiger partial charge on any atom is 0.0893 e. The van der Waals surface area contributed by atoms with Crippen LogP contribution in [-0.2, 0) is 0 Å². The number of nitrogens with one attached hydrogen (secondary N) is 1. The fourth-order valence-electron chi connectivity index (χ4n) is 6.82. The van der Waals surface area contributed by atoms with Crippen LogP contribution >= 0.6 is 0 Å². The van der Waals surface area contributed by atoms with Gasteiger partial charge in [-0.05, 0) is 85.3 Å². The molecule has 0 atom stereocenters. The molecule has 3 nitrogen and oxygen atoms in total. The molecule has 0 fully saturated rings. The fourth-order valence-corrected chi connectivity index (χ4v) is 6.82. The second kappa shape index (κ2) is 10.3. The molecule has 0 bridgehead atoms. The van der Waals surface area contributed by atoms with Gasteiger partial charge in [0.15, 0.2) is 0 Å². The SMILES string of the molecule is c1ccc(-c2c3ccccc3c(-c3ccc(-c4ccc5[nH]c6cnc(-c7ccccn7)cc6c5c4)cc3)c3ccccc23)cc1. The third-order valence-corrected chi connectivity index (χ3v) is 8.91. The Balaban J connectivity index is 1.17. The van der Waals surface area contributed by atoms with Crippen LogP contribution in [-0.4, -0.2) is 15.0 Å². The fraction of sp³-hybridized carbons (Fsp3) is 0. The van der Waals surface area contributed by atoms with Gasteiger partial charge in [0.25, 0.3) is 0 Å². The highest BCUT2D eigenvalue weighted by Crippen LogP contribution is 2.44. The van der Waals surface area contributed by atoms with E-state index in [0.29, 0.717) is 0 Å². The average Bonchev–Trinajstić information content (AvgIpc) is 3.48. The molecule has 0 saturated heterocycles. The van der Waals surface area contributed by atoms with Gasteiger partial charge in [-0.2, -0.15) is 0 Å². The van der Waals surface area contributed by atoms with E-state index in [1.165, 1.54) is 60.3 Å². The van der Waals surface area contributed by atoms with Crippen LogP contribution in [0.15, 0.2) is 158 Å². The highest BCUT2D eigenvalue weighted by Gasteiger charge is 2.16. The standard InChI is InChI=1S/C42H27N3/c1-2-10-28(11-3-1)41-31-12-4-6-14-33(31)42(34-15-7-5-13-32(34)41)29-19-17-27(18-20-29)30-21-22-37-35(24-30)36-25-39(44-26-40(36)45-37)38-16-8-9-23-43-38/h1-26,45H. The van der Waals surface area contributed by atoms with Gasteiger partial charge in [0, 0.05) is 22.5 Å². The molecular formula is C42H27N3. The highest BCUT2D eigenvalue weighted by molar-refractivity contribution is 6.21. The zero-order chi connectivity index (χ0) is 29.7. The smallest absolute Gasteiger partial charge is 0.0893 e. The Morgan fingerprint density at radius 1 is 0.356 bits per heavy atom. The van der Waals surface area contributed by atoms with Gasteiger partial charge >= 0.3 is 0 Å². The largest absolute Gasteiger partial charge is 0.353 e. The Bertz CT molecular complexity index is 2450. The summed E-state index contributed by atoms with van der Waals surface area (Å²) in [6.07, 6.45) is 3.72. The molecule has 3 aromatic heterocycles. The Labute approximate surface area is 260 Å². The van der Waals surface area contributed by atoms with Gasteiger partial charge < -0.3 is 4.98 Å². The van der Waals surface area contributed by atoms with E-state index in [2.05, 4.69) is 142 Å². The van der Waals surface area contributed by atoms with E-state index in [0.717, 1.165) is 27.8 Å². The van der Waals surface area contributed by atoms with Crippen LogP contribution in [0.1, 0.15) is 0 Å². The van der Waals surface area contributed by atoms with E-state index in [-0.39, 0.29) is 0 Å². The van der Waals surface area contributed by atoms with Crippen molar-refractivity contribution in [3.63, 3.8) is 0 Å². The lowest BCUT2D eigenvalue weighted by Crippen LogP contribution is -1.90. The maximum absolute atomic E-state index is 4.66. The molecule has 9 aromatic rings. The molecule has 0 radical (unpaired) electrons. The molecule has 0 saturated carbocycles. The molecule has 3 heteroatoms. The Morgan fingerprint density at radius 2 is 0.911 bits per heavy atom. The predicted octanol–water partition coefficient (Wildman–Crippen LogP) is 11.1. The van der Waals surface area contributed by atoms with Crippen molar-refractivity contribution in [2.75, 3.05) is 0 Å².